The fourth-order valence-electron chi connectivity index (χ4n) is 3.49. The van der Waals surface area contributed by atoms with Crippen molar-refractivity contribution in [3.8, 4) is 5.75 Å². The second-order valence-corrected chi connectivity index (χ2v) is 8.04. The largest absolute Gasteiger partial charge is 0.496 e. The number of likely N-dealkylation sites (tertiary alicyclic amines) is 1. The molecule has 1 aromatic rings. The average molecular weight is 440 g/mol. The van der Waals surface area contributed by atoms with E-state index in [1.165, 1.54) is 7.11 Å². The first kappa shape index (κ1) is 24.1. The minimum absolute atomic E-state index is 0.0900. The lowest BCUT2D eigenvalue weighted by atomic mass is 10.1. The van der Waals surface area contributed by atoms with E-state index in [2.05, 4.69) is 20.9 Å². The molecule has 5 N–H and O–H groups in total. The Bertz CT molecular complexity index is 716. The minimum Gasteiger partial charge on any atom is -0.496 e. The Kier molecular flexibility index (Phi) is 10.0. The highest BCUT2D eigenvalue weighted by molar-refractivity contribution is 6.33. The number of nitrogens with zero attached hydrogens (tertiary/aromatic N) is 1. The smallest absolute Gasteiger partial charge is 0.314 e. The topological polar surface area (TPSA) is 109 Å². The molecular formula is C21H34ClN5O3. The van der Waals surface area contributed by atoms with Crippen LogP contribution in [0.1, 0.15) is 43.0 Å². The number of amides is 3. The number of unbranched alkanes of at least 4 members (excludes halogenated alkanes) is 1. The molecule has 1 aromatic carbocycles. The summed E-state index contributed by atoms with van der Waals surface area (Å²) in [6, 6.07) is 3.02. The molecule has 1 saturated heterocycles. The summed E-state index contributed by atoms with van der Waals surface area (Å²) in [6.45, 7) is 7.03. The van der Waals surface area contributed by atoms with Gasteiger partial charge in [0, 0.05) is 32.2 Å². The predicted molar refractivity (Wildman–Crippen MR) is 120 cm³/mol. The van der Waals surface area contributed by atoms with Gasteiger partial charge in [-0.25, -0.2) is 4.79 Å². The summed E-state index contributed by atoms with van der Waals surface area (Å²) < 4.78 is 5.25. The zero-order valence-corrected chi connectivity index (χ0v) is 18.7. The number of benzene rings is 1. The first-order valence-electron chi connectivity index (χ1n) is 10.6. The van der Waals surface area contributed by atoms with Crippen molar-refractivity contribution in [2.75, 3.05) is 52.1 Å². The van der Waals surface area contributed by atoms with Gasteiger partial charge in [0.25, 0.3) is 5.91 Å². The average Bonchev–Trinajstić information content (AvgIpc) is 3.19. The van der Waals surface area contributed by atoms with Crippen molar-refractivity contribution >= 4 is 29.2 Å². The van der Waals surface area contributed by atoms with Crippen molar-refractivity contribution in [2.45, 2.75) is 32.6 Å². The molecule has 0 bridgehead atoms. The molecule has 30 heavy (non-hydrogen) atoms. The third-order valence-electron chi connectivity index (χ3n) is 5.21. The number of carbonyl (C=O) groups excluding carboxylic acids is 2. The van der Waals surface area contributed by atoms with Gasteiger partial charge < -0.3 is 31.3 Å². The van der Waals surface area contributed by atoms with Crippen LogP contribution in [0.3, 0.4) is 0 Å². The van der Waals surface area contributed by atoms with E-state index in [1.807, 2.05) is 6.92 Å². The van der Waals surface area contributed by atoms with E-state index in [0.717, 1.165) is 45.3 Å². The number of urea groups is 1. The molecule has 9 heteroatoms. The predicted octanol–water partition coefficient (Wildman–Crippen LogP) is 2.47. The zero-order valence-electron chi connectivity index (χ0n) is 17.9. The van der Waals surface area contributed by atoms with Crippen LogP contribution in [-0.2, 0) is 0 Å². The van der Waals surface area contributed by atoms with Gasteiger partial charge in [0.15, 0.2) is 0 Å². The van der Waals surface area contributed by atoms with E-state index >= 15 is 0 Å². The second-order valence-electron chi connectivity index (χ2n) is 7.63. The number of rotatable bonds is 11. The van der Waals surface area contributed by atoms with Crippen molar-refractivity contribution in [2.24, 2.45) is 5.92 Å². The third kappa shape index (κ3) is 7.57. The number of nitrogens with two attached hydrogens (primary N) is 1. The van der Waals surface area contributed by atoms with Gasteiger partial charge in [-0.3, -0.25) is 4.79 Å². The molecule has 2 rings (SSSR count). The monoisotopic (exact) mass is 439 g/mol. The molecule has 0 saturated carbocycles. The van der Waals surface area contributed by atoms with Crippen molar-refractivity contribution in [1.29, 1.82) is 0 Å². The summed E-state index contributed by atoms with van der Waals surface area (Å²) in [6.07, 6.45) is 3.98. The lowest BCUT2D eigenvalue weighted by Gasteiger charge is -2.17. The van der Waals surface area contributed by atoms with Crippen LogP contribution >= 0.6 is 11.6 Å². The van der Waals surface area contributed by atoms with Gasteiger partial charge in [-0.05, 0) is 50.8 Å². The highest BCUT2D eigenvalue weighted by Crippen LogP contribution is 2.28. The highest BCUT2D eigenvalue weighted by atomic mass is 35.5. The Balaban J connectivity index is 1.65. The van der Waals surface area contributed by atoms with Gasteiger partial charge in [-0.15, -0.1) is 0 Å². The lowest BCUT2D eigenvalue weighted by molar-refractivity contribution is 0.0944. The second kappa shape index (κ2) is 12.5. The zero-order chi connectivity index (χ0) is 21.9. The van der Waals surface area contributed by atoms with E-state index in [9.17, 15) is 9.59 Å². The molecule has 0 aromatic heterocycles. The molecule has 0 aliphatic carbocycles. The summed E-state index contributed by atoms with van der Waals surface area (Å²) in [5.41, 5.74) is 6.55. The molecule has 1 aliphatic rings. The number of nitrogen functional groups attached to an aromatic ring is 1. The van der Waals surface area contributed by atoms with Crippen LogP contribution in [0.25, 0.3) is 0 Å². The molecule has 1 atom stereocenters. The summed E-state index contributed by atoms with van der Waals surface area (Å²) in [4.78, 5) is 26.4. The number of nitrogens with one attached hydrogen (secondary N) is 3. The number of anilines is 1. The van der Waals surface area contributed by atoms with Gasteiger partial charge in [0.05, 0.1) is 23.4 Å². The van der Waals surface area contributed by atoms with Crippen LogP contribution in [0.5, 0.6) is 5.75 Å². The maximum absolute atomic E-state index is 12.5. The quantitative estimate of drug-likeness (QED) is 0.313. The Morgan fingerprint density at radius 2 is 2.00 bits per heavy atom. The number of hydrogen-bond acceptors (Lipinski definition) is 5. The molecule has 168 valence electrons. The molecule has 1 fully saturated rings. The fourth-order valence-corrected chi connectivity index (χ4v) is 3.66. The maximum atomic E-state index is 12.5. The van der Waals surface area contributed by atoms with Crippen LogP contribution in [-0.4, -0.2) is 63.2 Å². The summed E-state index contributed by atoms with van der Waals surface area (Å²) >= 11 is 6.05. The lowest BCUT2D eigenvalue weighted by Crippen LogP contribution is -2.36. The first-order chi connectivity index (χ1) is 14.4. The standard InChI is InChI=1S/C21H34ClN5O3/c1-3-7-24-21(29)25-8-4-5-9-27-10-6-15(14-27)13-26-20(28)16-11-17(22)18(23)12-19(16)30-2/h11-12,15H,3-10,13-14,23H2,1-2H3,(H,26,28)(H2,24,25,29)/t15-/m1/s1. The highest BCUT2D eigenvalue weighted by Gasteiger charge is 2.23. The van der Waals surface area contributed by atoms with Crippen molar-refractivity contribution in [1.82, 2.24) is 20.9 Å². The van der Waals surface area contributed by atoms with E-state index in [0.29, 0.717) is 47.6 Å². The Hall–Kier alpha value is -2.19. The number of ether oxygens (including phenoxy) is 1. The van der Waals surface area contributed by atoms with Crippen molar-refractivity contribution in [3.63, 3.8) is 0 Å². The van der Waals surface area contributed by atoms with Crippen LogP contribution in [0.4, 0.5) is 10.5 Å². The Morgan fingerprint density at radius 3 is 2.73 bits per heavy atom. The van der Waals surface area contributed by atoms with Crippen LogP contribution in [0.2, 0.25) is 5.02 Å². The van der Waals surface area contributed by atoms with Gasteiger partial charge >= 0.3 is 6.03 Å². The summed E-state index contributed by atoms with van der Waals surface area (Å²) in [5.74, 6) is 0.626. The molecule has 0 unspecified atom stereocenters. The van der Waals surface area contributed by atoms with E-state index in [4.69, 9.17) is 22.1 Å². The molecular weight excluding hydrogens is 406 g/mol. The van der Waals surface area contributed by atoms with Gasteiger partial charge in [-0.2, -0.15) is 0 Å². The molecule has 1 aliphatic heterocycles. The normalized spacial score (nSPS) is 16.3. The minimum atomic E-state index is -0.209. The van der Waals surface area contributed by atoms with Crippen molar-refractivity contribution < 1.29 is 14.3 Å². The Morgan fingerprint density at radius 1 is 1.23 bits per heavy atom. The van der Waals surface area contributed by atoms with Gasteiger partial charge in [-0.1, -0.05) is 18.5 Å². The van der Waals surface area contributed by atoms with Crippen molar-refractivity contribution in [3.05, 3.63) is 22.7 Å². The number of halogens is 1. The molecule has 0 radical (unpaired) electrons. The molecule has 3 amide bonds. The molecule has 8 nitrogen and oxygen atoms in total. The number of hydrogen-bond donors (Lipinski definition) is 4. The van der Waals surface area contributed by atoms with Crippen LogP contribution in [0.15, 0.2) is 12.1 Å². The molecule has 0 spiro atoms. The third-order valence-corrected chi connectivity index (χ3v) is 5.53. The van der Waals surface area contributed by atoms with E-state index < -0.39 is 0 Å². The van der Waals surface area contributed by atoms with Crippen LogP contribution < -0.4 is 26.4 Å². The van der Waals surface area contributed by atoms with Gasteiger partial charge in [0.1, 0.15) is 5.75 Å². The molecule has 1 heterocycles. The van der Waals surface area contributed by atoms with E-state index in [-0.39, 0.29) is 11.9 Å². The first-order valence-corrected chi connectivity index (χ1v) is 11.0. The van der Waals surface area contributed by atoms with Crippen LogP contribution in [0, 0.1) is 5.92 Å². The summed E-state index contributed by atoms with van der Waals surface area (Å²) in [7, 11) is 1.50. The SMILES string of the molecule is CCCNC(=O)NCCCCN1CC[C@H](CNC(=O)c2cc(Cl)c(N)cc2OC)C1. The fraction of sp³-hybridized carbons (Fsp3) is 0.619. The van der Waals surface area contributed by atoms with E-state index in [1.54, 1.807) is 12.1 Å². The summed E-state index contributed by atoms with van der Waals surface area (Å²) in [5, 5.41) is 9.00. The number of carbonyl (C=O) groups is 2. The number of methoxy groups -OCH3 is 1. The van der Waals surface area contributed by atoms with Gasteiger partial charge in [0.2, 0.25) is 0 Å². The maximum Gasteiger partial charge on any atom is 0.314 e. The Labute approximate surface area is 183 Å².